The van der Waals surface area contributed by atoms with Gasteiger partial charge in [0.1, 0.15) is 5.75 Å². The minimum absolute atomic E-state index is 0.0415. The zero-order valence-electron chi connectivity index (χ0n) is 17.3. The predicted octanol–water partition coefficient (Wildman–Crippen LogP) is 4.62. The number of amides is 1. The molecule has 0 saturated heterocycles. The third-order valence-electron chi connectivity index (χ3n) is 4.74. The van der Waals surface area contributed by atoms with Crippen molar-refractivity contribution in [2.75, 3.05) is 13.7 Å². The van der Waals surface area contributed by atoms with Crippen molar-refractivity contribution in [3.05, 3.63) is 93.4 Å². The van der Waals surface area contributed by atoms with Crippen LogP contribution in [0, 0.1) is 0 Å². The quantitative estimate of drug-likeness (QED) is 0.432. The van der Waals surface area contributed by atoms with Crippen LogP contribution in [0.15, 0.2) is 82.2 Å². The van der Waals surface area contributed by atoms with Gasteiger partial charge < -0.3 is 10.1 Å². The van der Waals surface area contributed by atoms with Gasteiger partial charge in [0.25, 0.3) is 0 Å². The largest absolute Gasteiger partial charge is 0.496 e. The second-order valence-electron chi connectivity index (χ2n) is 6.91. The van der Waals surface area contributed by atoms with E-state index in [-0.39, 0.29) is 24.5 Å². The highest BCUT2D eigenvalue weighted by Gasteiger charge is 2.27. The number of ether oxygens (including phenoxy) is 1. The Bertz CT molecular complexity index is 1190. The molecule has 0 spiro atoms. The second-order valence-corrected chi connectivity index (χ2v) is 10.2. The molecule has 3 aromatic carbocycles. The fourth-order valence-corrected chi connectivity index (χ4v) is 4.89. The maximum absolute atomic E-state index is 13.3. The van der Waals surface area contributed by atoms with Gasteiger partial charge in [-0.05, 0) is 42.0 Å². The Morgan fingerprint density at radius 2 is 1.62 bits per heavy atom. The molecule has 0 aromatic heterocycles. The number of nitrogens with one attached hydrogen (secondary N) is 1. The summed E-state index contributed by atoms with van der Waals surface area (Å²) < 4.78 is 33.8. The number of benzene rings is 3. The number of carbonyl (C=O) groups is 1. The number of hydrogen-bond acceptors (Lipinski definition) is 4. The van der Waals surface area contributed by atoms with E-state index in [2.05, 4.69) is 21.2 Å². The molecule has 1 amide bonds. The topological polar surface area (TPSA) is 75.7 Å². The molecule has 0 aliphatic carbocycles. The number of sulfonamides is 1. The molecule has 0 heterocycles. The van der Waals surface area contributed by atoms with Gasteiger partial charge in [-0.15, -0.1) is 0 Å². The first-order chi connectivity index (χ1) is 15.3. The molecule has 0 bridgehead atoms. The molecule has 3 aromatic rings. The Morgan fingerprint density at radius 3 is 2.28 bits per heavy atom. The molecule has 0 radical (unpaired) electrons. The molecule has 3 rings (SSSR count). The lowest BCUT2D eigenvalue weighted by Gasteiger charge is -2.22. The lowest BCUT2D eigenvalue weighted by Crippen LogP contribution is -2.40. The summed E-state index contributed by atoms with van der Waals surface area (Å²) in [7, 11) is -2.40. The fraction of sp³-hybridized carbons (Fsp3) is 0.174. The molecule has 0 atom stereocenters. The van der Waals surface area contributed by atoms with Crippen LogP contribution in [0.3, 0.4) is 0 Å². The first kappa shape index (κ1) is 24.3. The van der Waals surface area contributed by atoms with Crippen LogP contribution < -0.4 is 10.1 Å². The van der Waals surface area contributed by atoms with Crippen molar-refractivity contribution in [1.82, 2.24) is 9.62 Å². The fourth-order valence-electron chi connectivity index (χ4n) is 3.06. The summed E-state index contributed by atoms with van der Waals surface area (Å²) in [4.78, 5) is 12.8. The highest BCUT2D eigenvalue weighted by Crippen LogP contribution is 2.24. The van der Waals surface area contributed by atoms with Gasteiger partial charge in [0.2, 0.25) is 15.9 Å². The number of hydrogen-bond donors (Lipinski definition) is 1. The van der Waals surface area contributed by atoms with Gasteiger partial charge in [-0.2, -0.15) is 4.31 Å². The summed E-state index contributed by atoms with van der Waals surface area (Å²) in [5, 5.41) is 3.20. The van der Waals surface area contributed by atoms with E-state index < -0.39 is 15.9 Å². The lowest BCUT2D eigenvalue weighted by molar-refractivity contribution is -0.121. The van der Waals surface area contributed by atoms with Crippen LogP contribution in [0.5, 0.6) is 5.75 Å². The van der Waals surface area contributed by atoms with E-state index >= 15 is 0 Å². The molecule has 0 saturated carbocycles. The molecular weight excluding hydrogens is 516 g/mol. The number of methoxy groups -OCH3 is 1. The van der Waals surface area contributed by atoms with E-state index in [1.54, 1.807) is 49.6 Å². The minimum atomic E-state index is -3.96. The highest BCUT2D eigenvalue weighted by atomic mass is 79.9. The number of nitrogens with zero attached hydrogens (tertiary/aromatic N) is 1. The van der Waals surface area contributed by atoms with Crippen LogP contribution in [-0.2, 0) is 27.9 Å². The van der Waals surface area contributed by atoms with Crippen LogP contribution in [0.4, 0.5) is 0 Å². The van der Waals surface area contributed by atoms with Gasteiger partial charge in [0.05, 0.1) is 18.6 Å². The smallest absolute Gasteiger partial charge is 0.243 e. The van der Waals surface area contributed by atoms with Crippen molar-refractivity contribution in [3.8, 4) is 5.75 Å². The highest BCUT2D eigenvalue weighted by molar-refractivity contribution is 9.10. The van der Waals surface area contributed by atoms with Crippen LogP contribution in [-0.4, -0.2) is 32.3 Å². The number of para-hydroxylation sites is 1. The van der Waals surface area contributed by atoms with Crippen molar-refractivity contribution >= 4 is 43.5 Å². The first-order valence-corrected chi connectivity index (χ1v) is 12.3. The van der Waals surface area contributed by atoms with Crippen molar-refractivity contribution in [1.29, 1.82) is 0 Å². The molecule has 0 unspecified atom stereocenters. The lowest BCUT2D eigenvalue weighted by atomic mass is 10.2. The number of carbonyl (C=O) groups excluding carboxylic acids is 1. The normalized spacial score (nSPS) is 11.4. The Kier molecular flexibility index (Phi) is 8.31. The number of halogens is 2. The zero-order chi connectivity index (χ0) is 23.1. The molecule has 168 valence electrons. The number of rotatable bonds is 9. The average molecular weight is 538 g/mol. The molecule has 0 aliphatic rings. The van der Waals surface area contributed by atoms with E-state index in [0.29, 0.717) is 16.3 Å². The SMILES string of the molecule is COc1ccccc1CNC(=O)CN(Cc1ccccc1Cl)S(=O)(=O)c1ccc(Br)cc1. The molecule has 1 N–H and O–H groups in total. The summed E-state index contributed by atoms with van der Waals surface area (Å²) in [6, 6.07) is 20.5. The van der Waals surface area contributed by atoms with Gasteiger partial charge in [-0.1, -0.05) is 63.9 Å². The van der Waals surface area contributed by atoms with Crippen molar-refractivity contribution in [3.63, 3.8) is 0 Å². The van der Waals surface area contributed by atoms with Gasteiger partial charge in [0.15, 0.2) is 0 Å². The Morgan fingerprint density at radius 1 is 1.00 bits per heavy atom. The Balaban J connectivity index is 1.82. The van der Waals surface area contributed by atoms with Crippen LogP contribution in [0.1, 0.15) is 11.1 Å². The Hall–Kier alpha value is -2.39. The van der Waals surface area contributed by atoms with Gasteiger partial charge >= 0.3 is 0 Å². The van der Waals surface area contributed by atoms with E-state index in [9.17, 15) is 13.2 Å². The van der Waals surface area contributed by atoms with E-state index in [1.165, 1.54) is 12.1 Å². The maximum atomic E-state index is 13.3. The predicted molar refractivity (Wildman–Crippen MR) is 128 cm³/mol. The van der Waals surface area contributed by atoms with Gasteiger partial charge in [-0.25, -0.2) is 8.42 Å². The van der Waals surface area contributed by atoms with Gasteiger partial charge in [-0.3, -0.25) is 4.79 Å². The summed E-state index contributed by atoms with van der Waals surface area (Å²) >= 11 is 9.56. The van der Waals surface area contributed by atoms with Gasteiger partial charge in [0, 0.05) is 28.1 Å². The summed E-state index contributed by atoms with van der Waals surface area (Å²) in [5.41, 5.74) is 1.39. The molecule has 0 aliphatic heterocycles. The van der Waals surface area contributed by atoms with E-state index in [1.807, 2.05) is 18.2 Å². The zero-order valence-corrected chi connectivity index (χ0v) is 20.5. The summed E-state index contributed by atoms with van der Waals surface area (Å²) in [6.45, 7) is -0.194. The molecule has 0 fully saturated rings. The average Bonchev–Trinajstić information content (AvgIpc) is 2.79. The Labute approximate surface area is 201 Å². The molecular formula is C23H22BrClN2O4S. The molecule has 32 heavy (non-hydrogen) atoms. The van der Waals surface area contributed by atoms with Crippen LogP contribution in [0.2, 0.25) is 5.02 Å². The third-order valence-corrected chi connectivity index (χ3v) is 7.45. The van der Waals surface area contributed by atoms with E-state index in [0.717, 1.165) is 14.3 Å². The molecule has 9 heteroatoms. The van der Waals surface area contributed by atoms with Crippen molar-refractivity contribution in [2.24, 2.45) is 0 Å². The standard InChI is InChI=1S/C23H22BrClN2O4S/c1-31-22-9-5-3-6-17(22)14-26-23(28)16-27(15-18-7-2-4-8-21(18)25)32(29,30)20-12-10-19(24)11-13-20/h2-13H,14-16H2,1H3,(H,26,28). The van der Waals surface area contributed by atoms with Crippen molar-refractivity contribution in [2.45, 2.75) is 18.0 Å². The minimum Gasteiger partial charge on any atom is -0.496 e. The first-order valence-electron chi connectivity index (χ1n) is 9.69. The monoisotopic (exact) mass is 536 g/mol. The van der Waals surface area contributed by atoms with E-state index in [4.69, 9.17) is 16.3 Å². The van der Waals surface area contributed by atoms with Crippen LogP contribution >= 0.6 is 27.5 Å². The molecule has 6 nitrogen and oxygen atoms in total. The summed E-state index contributed by atoms with van der Waals surface area (Å²) in [6.07, 6.45) is 0. The second kappa shape index (κ2) is 11.0. The maximum Gasteiger partial charge on any atom is 0.243 e. The van der Waals surface area contributed by atoms with Crippen molar-refractivity contribution < 1.29 is 17.9 Å². The third kappa shape index (κ3) is 6.10. The van der Waals surface area contributed by atoms with Crippen LogP contribution in [0.25, 0.3) is 0 Å². The summed E-state index contributed by atoms with van der Waals surface area (Å²) in [5.74, 6) is 0.201.